The number of benzene rings is 1. The van der Waals surface area contributed by atoms with E-state index in [2.05, 4.69) is 4.74 Å². The molecule has 0 radical (unpaired) electrons. The Morgan fingerprint density at radius 1 is 1.47 bits per heavy atom. The molecule has 0 atom stereocenters. The van der Waals surface area contributed by atoms with Crippen molar-refractivity contribution in [1.29, 1.82) is 0 Å². The largest absolute Gasteiger partial charge is 0.465 e. The number of aromatic nitrogens is 1. The van der Waals surface area contributed by atoms with Crippen LogP contribution in [0.15, 0.2) is 12.1 Å². The van der Waals surface area contributed by atoms with E-state index >= 15 is 0 Å². The second kappa shape index (κ2) is 4.04. The first kappa shape index (κ1) is 11.9. The maximum atomic E-state index is 13.8. The first-order valence-electron chi connectivity index (χ1n) is 5.00. The molecule has 0 aliphatic heterocycles. The molecule has 0 N–H and O–H groups in total. The van der Waals surface area contributed by atoms with Crippen LogP contribution < -0.4 is 0 Å². The van der Waals surface area contributed by atoms with E-state index < -0.39 is 11.8 Å². The summed E-state index contributed by atoms with van der Waals surface area (Å²) in [5.41, 5.74) is 1.31. The minimum absolute atomic E-state index is 0.181. The lowest BCUT2D eigenvalue weighted by molar-refractivity contribution is 0.0603. The van der Waals surface area contributed by atoms with E-state index in [4.69, 9.17) is 11.6 Å². The molecule has 0 bridgehead atoms. The summed E-state index contributed by atoms with van der Waals surface area (Å²) in [6.45, 7) is 1.80. The highest BCUT2D eigenvalue weighted by molar-refractivity contribution is 6.35. The fourth-order valence-electron chi connectivity index (χ4n) is 1.97. The third-order valence-corrected chi connectivity index (χ3v) is 3.26. The molecule has 0 fully saturated rings. The third kappa shape index (κ3) is 1.60. The number of esters is 1. The molecule has 0 saturated heterocycles. The van der Waals surface area contributed by atoms with Gasteiger partial charge in [-0.1, -0.05) is 17.7 Å². The van der Waals surface area contributed by atoms with Gasteiger partial charge in [0, 0.05) is 12.4 Å². The van der Waals surface area contributed by atoms with Crippen LogP contribution in [0.1, 0.15) is 15.9 Å². The summed E-state index contributed by atoms with van der Waals surface area (Å²) in [5, 5.41) is 0.685. The van der Waals surface area contributed by atoms with Crippen molar-refractivity contribution < 1.29 is 13.9 Å². The average molecular weight is 256 g/mol. The normalized spacial score (nSPS) is 10.9. The molecular weight excluding hydrogens is 245 g/mol. The number of halogens is 2. The zero-order chi connectivity index (χ0) is 12.7. The summed E-state index contributed by atoms with van der Waals surface area (Å²) < 4.78 is 19.9. The van der Waals surface area contributed by atoms with Crippen LogP contribution in [0.3, 0.4) is 0 Å². The molecule has 5 heteroatoms. The summed E-state index contributed by atoms with van der Waals surface area (Å²) in [4.78, 5) is 11.7. The van der Waals surface area contributed by atoms with Crippen LogP contribution in [0, 0.1) is 12.7 Å². The number of fused-ring (bicyclic) bond motifs is 1. The molecule has 1 heterocycles. The lowest BCUT2D eigenvalue weighted by atomic mass is 10.1. The predicted molar refractivity (Wildman–Crippen MR) is 64.0 cm³/mol. The number of carbonyl (C=O) groups excluding carboxylic acids is 1. The van der Waals surface area contributed by atoms with Gasteiger partial charge in [0.1, 0.15) is 16.5 Å². The van der Waals surface area contributed by atoms with Crippen LogP contribution in [0.25, 0.3) is 10.9 Å². The van der Waals surface area contributed by atoms with Crippen molar-refractivity contribution in [1.82, 2.24) is 4.57 Å². The van der Waals surface area contributed by atoms with Gasteiger partial charge < -0.3 is 9.30 Å². The number of aryl methyl sites for hydroxylation is 2. The van der Waals surface area contributed by atoms with Crippen LogP contribution >= 0.6 is 11.6 Å². The fourth-order valence-corrected chi connectivity index (χ4v) is 2.22. The molecule has 90 valence electrons. The van der Waals surface area contributed by atoms with Crippen LogP contribution in [-0.4, -0.2) is 17.6 Å². The molecule has 0 aliphatic carbocycles. The highest BCUT2D eigenvalue weighted by Gasteiger charge is 2.23. The Balaban J connectivity index is 2.98. The van der Waals surface area contributed by atoms with E-state index in [0.717, 1.165) is 5.56 Å². The van der Waals surface area contributed by atoms with E-state index in [-0.39, 0.29) is 10.7 Å². The predicted octanol–water partition coefficient (Wildman–Crippen LogP) is 3.07. The maximum Gasteiger partial charge on any atom is 0.341 e. The third-order valence-electron chi connectivity index (χ3n) is 2.81. The van der Waals surface area contributed by atoms with Crippen LogP contribution in [0.4, 0.5) is 4.39 Å². The van der Waals surface area contributed by atoms with Crippen molar-refractivity contribution in [2.75, 3.05) is 7.11 Å². The molecule has 2 rings (SSSR count). The zero-order valence-electron chi connectivity index (χ0n) is 9.67. The number of methoxy groups -OCH3 is 1. The average Bonchev–Trinajstić information content (AvgIpc) is 2.58. The molecule has 0 spiro atoms. The van der Waals surface area contributed by atoms with Gasteiger partial charge >= 0.3 is 5.97 Å². The minimum atomic E-state index is -0.561. The van der Waals surface area contributed by atoms with E-state index in [1.54, 1.807) is 20.0 Å². The Hall–Kier alpha value is -1.55. The number of rotatable bonds is 1. The Morgan fingerprint density at radius 3 is 2.71 bits per heavy atom. The smallest absolute Gasteiger partial charge is 0.341 e. The summed E-state index contributed by atoms with van der Waals surface area (Å²) in [5.74, 6) is -0.973. The Kier molecular flexibility index (Phi) is 2.83. The molecule has 0 amide bonds. The number of carbonyl (C=O) groups is 1. The summed E-state index contributed by atoms with van der Waals surface area (Å²) in [6.07, 6.45) is 0. The van der Waals surface area contributed by atoms with Crippen LogP contribution in [-0.2, 0) is 11.8 Å². The van der Waals surface area contributed by atoms with E-state index in [1.807, 2.05) is 0 Å². The lowest BCUT2D eigenvalue weighted by Crippen LogP contribution is -2.01. The van der Waals surface area contributed by atoms with Gasteiger partial charge in [-0.15, -0.1) is 0 Å². The van der Waals surface area contributed by atoms with Crippen molar-refractivity contribution in [3.8, 4) is 0 Å². The molecular formula is C12H11ClFNO2. The van der Waals surface area contributed by atoms with Crippen molar-refractivity contribution >= 4 is 28.5 Å². The topological polar surface area (TPSA) is 31.2 Å². The van der Waals surface area contributed by atoms with E-state index in [0.29, 0.717) is 10.9 Å². The van der Waals surface area contributed by atoms with E-state index in [9.17, 15) is 9.18 Å². The molecule has 0 aliphatic rings. The number of hydrogen-bond donors (Lipinski definition) is 0. The lowest BCUT2D eigenvalue weighted by Gasteiger charge is -2.01. The molecule has 0 unspecified atom stereocenters. The fraction of sp³-hybridized carbons (Fsp3) is 0.250. The summed E-state index contributed by atoms with van der Waals surface area (Å²) in [6, 6.07) is 2.97. The van der Waals surface area contributed by atoms with Crippen LogP contribution in [0.2, 0.25) is 5.15 Å². The van der Waals surface area contributed by atoms with Gasteiger partial charge in [0.05, 0.1) is 12.6 Å². The minimum Gasteiger partial charge on any atom is -0.465 e. The van der Waals surface area contributed by atoms with Gasteiger partial charge in [0.15, 0.2) is 0 Å². The van der Waals surface area contributed by atoms with Gasteiger partial charge in [-0.2, -0.15) is 0 Å². The van der Waals surface area contributed by atoms with Gasteiger partial charge in [0.2, 0.25) is 0 Å². The van der Waals surface area contributed by atoms with Crippen molar-refractivity contribution in [3.05, 3.63) is 34.2 Å². The highest BCUT2D eigenvalue weighted by atomic mass is 35.5. The SMILES string of the molecule is COC(=O)c1c(Cl)n(C)c2c(F)ccc(C)c12. The second-order valence-electron chi connectivity index (χ2n) is 3.80. The maximum absolute atomic E-state index is 13.8. The molecule has 2 aromatic rings. The molecule has 0 saturated carbocycles. The Labute approximate surface area is 103 Å². The van der Waals surface area contributed by atoms with Crippen molar-refractivity contribution in [3.63, 3.8) is 0 Å². The van der Waals surface area contributed by atoms with E-state index in [1.165, 1.54) is 17.7 Å². The summed E-state index contributed by atoms with van der Waals surface area (Å²) >= 11 is 6.05. The van der Waals surface area contributed by atoms with Gasteiger partial charge in [0.25, 0.3) is 0 Å². The molecule has 3 nitrogen and oxygen atoms in total. The molecule has 1 aromatic carbocycles. The van der Waals surface area contributed by atoms with Crippen molar-refractivity contribution in [2.45, 2.75) is 6.92 Å². The number of nitrogens with zero attached hydrogens (tertiary/aromatic N) is 1. The number of ether oxygens (including phenoxy) is 1. The highest BCUT2D eigenvalue weighted by Crippen LogP contribution is 2.33. The summed E-state index contributed by atoms with van der Waals surface area (Å²) in [7, 11) is 2.88. The van der Waals surface area contributed by atoms with Gasteiger partial charge in [-0.3, -0.25) is 0 Å². The standard InChI is InChI=1S/C12H11ClFNO2/c1-6-4-5-7(14)10-8(6)9(12(16)17-3)11(13)15(10)2/h4-5H,1-3H3. The Morgan fingerprint density at radius 2 is 2.12 bits per heavy atom. The van der Waals surface area contributed by atoms with Crippen molar-refractivity contribution in [2.24, 2.45) is 7.05 Å². The quantitative estimate of drug-likeness (QED) is 0.734. The number of hydrogen-bond acceptors (Lipinski definition) is 2. The monoisotopic (exact) mass is 255 g/mol. The van der Waals surface area contributed by atoms with Crippen LogP contribution in [0.5, 0.6) is 0 Å². The first-order valence-corrected chi connectivity index (χ1v) is 5.38. The second-order valence-corrected chi connectivity index (χ2v) is 4.16. The van der Waals surface area contributed by atoms with Gasteiger partial charge in [-0.25, -0.2) is 9.18 Å². The molecule has 1 aromatic heterocycles. The van der Waals surface area contributed by atoms with Gasteiger partial charge in [-0.05, 0) is 18.6 Å². The molecule has 17 heavy (non-hydrogen) atoms. The zero-order valence-corrected chi connectivity index (χ0v) is 10.4. The first-order chi connectivity index (χ1) is 7.99. The Bertz CT molecular complexity index is 619.